The molecule has 0 radical (unpaired) electrons. The number of carboxylic acids is 1. The van der Waals surface area contributed by atoms with Gasteiger partial charge < -0.3 is 14.7 Å². The standard InChI is InChI=1S/C27H25N3O5/c31-25(30-14-6-7-17(15-30)26(32)33)24-23(12-5-13-28-24)29-27(34)35-16-22-20-10-3-1-8-18(20)19-9-2-4-11-21(19)22/h1-5,8-13,17,22H,6-7,14-16H2,(H,29,34)(H,32,33)/t17-/m0/s1. The van der Waals surface area contributed by atoms with Gasteiger partial charge in [0.2, 0.25) is 0 Å². The Bertz CT molecular complexity index is 1250. The van der Waals surface area contributed by atoms with E-state index >= 15 is 0 Å². The van der Waals surface area contributed by atoms with Crippen molar-refractivity contribution in [3.05, 3.63) is 83.7 Å². The van der Waals surface area contributed by atoms with Crippen molar-refractivity contribution in [1.29, 1.82) is 0 Å². The minimum Gasteiger partial charge on any atom is -0.481 e. The van der Waals surface area contributed by atoms with Crippen LogP contribution in [0, 0.1) is 5.92 Å². The van der Waals surface area contributed by atoms with Crippen LogP contribution in [0.25, 0.3) is 11.1 Å². The second-order valence-electron chi connectivity index (χ2n) is 8.78. The number of hydrogen-bond donors (Lipinski definition) is 2. The van der Waals surface area contributed by atoms with Crippen LogP contribution >= 0.6 is 0 Å². The Labute approximate surface area is 202 Å². The molecule has 0 spiro atoms. The van der Waals surface area contributed by atoms with E-state index in [1.54, 1.807) is 12.1 Å². The lowest BCUT2D eigenvalue weighted by Gasteiger charge is -2.30. The first-order valence-electron chi connectivity index (χ1n) is 11.6. The number of aliphatic carboxylic acids is 1. The fourth-order valence-electron chi connectivity index (χ4n) is 4.93. The molecule has 2 heterocycles. The smallest absolute Gasteiger partial charge is 0.411 e. The van der Waals surface area contributed by atoms with Crippen LogP contribution < -0.4 is 5.32 Å². The van der Waals surface area contributed by atoms with Crippen molar-refractivity contribution in [2.45, 2.75) is 18.8 Å². The lowest BCUT2D eigenvalue weighted by molar-refractivity contribution is -0.143. The number of nitrogens with one attached hydrogen (secondary N) is 1. The highest BCUT2D eigenvalue weighted by molar-refractivity contribution is 6.01. The number of ether oxygens (including phenoxy) is 1. The Hall–Kier alpha value is -4.20. The molecule has 1 aliphatic heterocycles. The summed E-state index contributed by atoms with van der Waals surface area (Å²) in [5, 5.41) is 12.0. The largest absolute Gasteiger partial charge is 0.481 e. The Balaban J connectivity index is 1.28. The van der Waals surface area contributed by atoms with Crippen molar-refractivity contribution in [3.63, 3.8) is 0 Å². The number of hydrogen-bond acceptors (Lipinski definition) is 5. The number of nitrogens with zero attached hydrogens (tertiary/aromatic N) is 2. The highest BCUT2D eigenvalue weighted by atomic mass is 16.5. The number of carbonyl (C=O) groups is 3. The van der Waals surface area contributed by atoms with Gasteiger partial charge in [-0.25, -0.2) is 9.78 Å². The number of amides is 2. The molecule has 2 aliphatic rings. The predicted octanol–water partition coefficient (Wildman–Crippen LogP) is 4.38. The number of piperidine rings is 1. The number of fused-ring (bicyclic) bond motifs is 3. The molecule has 5 rings (SSSR count). The molecule has 0 unspecified atom stereocenters. The zero-order chi connectivity index (χ0) is 24.4. The minimum atomic E-state index is -0.916. The van der Waals surface area contributed by atoms with Gasteiger partial charge in [0.15, 0.2) is 5.69 Å². The number of aromatic nitrogens is 1. The van der Waals surface area contributed by atoms with Gasteiger partial charge in [0.05, 0.1) is 11.6 Å². The van der Waals surface area contributed by atoms with E-state index in [1.807, 2.05) is 36.4 Å². The topological polar surface area (TPSA) is 109 Å². The average molecular weight is 472 g/mol. The summed E-state index contributed by atoms with van der Waals surface area (Å²) >= 11 is 0. The molecule has 1 fully saturated rings. The summed E-state index contributed by atoms with van der Waals surface area (Å²) in [6.07, 6.45) is 1.92. The highest BCUT2D eigenvalue weighted by Crippen LogP contribution is 2.44. The average Bonchev–Trinajstić information content (AvgIpc) is 3.21. The van der Waals surface area contributed by atoms with Crippen molar-refractivity contribution in [2.24, 2.45) is 5.92 Å². The number of anilines is 1. The van der Waals surface area contributed by atoms with E-state index in [0.717, 1.165) is 22.3 Å². The van der Waals surface area contributed by atoms with E-state index in [1.165, 1.54) is 11.1 Å². The third-order valence-corrected chi connectivity index (χ3v) is 6.65. The van der Waals surface area contributed by atoms with Crippen LogP contribution in [0.1, 0.15) is 40.4 Å². The lowest BCUT2D eigenvalue weighted by Crippen LogP contribution is -2.42. The Morgan fingerprint density at radius 3 is 2.37 bits per heavy atom. The van der Waals surface area contributed by atoms with Crippen LogP contribution in [0.3, 0.4) is 0 Å². The molecular formula is C27H25N3O5. The first-order chi connectivity index (χ1) is 17.0. The van der Waals surface area contributed by atoms with Crippen LogP contribution in [-0.2, 0) is 9.53 Å². The zero-order valence-corrected chi connectivity index (χ0v) is 19.0. The van der Waals surface area contributed by atoms with Crippen LogP contribution in [0.2, 0.25) is 0 Å². The fraction of sp³-hybridized carbons (Fsp3) is 0.259. The third kappa shape index (κ3) is 4.47. The van der Waals surface area contributed by atoms with Gasteiger partial charge in [0.1, 0.15) is 6.61 Å². The summed E-state index contributed by atoms with van der Waals surface area (Å²) in [5.41, 5.74) is 4.78. The molecule has 8 heteroatoms. The van der Waals surface area contributed by atoms with E-state index in [9.17, 15) is 19.5 Å². The van der Waals surface area contributed by atoms with Gasteiger partial charge >= 0.3 is 12.1 Å². The summed E-state index contributed by atoms with van der Waals surface area (Å²) in [6.45, 7) is 0.717. The molecule has 1 saturated heterocycles. The van der Waals surface area contributed by atoms with Crippen molar-refractivity contribution < 1.29 is 24.2 Å². The van der Waals surface area contributed by atoms with E-state index in [2.05, 4.69) is 22.4 Å². The molecule has 1 aromatic heterocycles. The number of carbonyl (C=O) groups excluding carboxylic acids is 2. The maximum atomic E-state index is 13.1. The van der Waals surface area contributed by atoms with Crippen molar-refractivity contribution in [3.8, 4) is 11.1 Å². The number of rotatable bonds is 5. The molecule has 2 N–H and O–H groups in total. The predicted molar refractivity (Wildman–Crippen MR) is 129 cm³/mol. The van der Waals surface area contributed by atoms with Gasteiger partial charge in [-0.2, -0.15) is 0 Å². The van der Waals surface area contributed by atoms with E-state index in [-0.39, 0.29) is 30.5 Å². The molecule has 3 aromatic rings. The van der Waals surface area contributed by atoms with Crippen LogP contribution in [-0.4, -0.2) is 52.7 Å². The first kappa shape index (κ1) is 22.6. The summed E-state index contributed by atoms with van der Waals surface area (Å²) < 4.78 is 5.59. The minimum absolute atomic E-state index is 0.0621. The second-order valence-corrected chi connectivity index (χ2v) is 8.78. The molecule has 2 aromatic carbocycles. The van der Waals surface area contributed by atoms with E-state index < -0.39 is 23.9 Å². The second kappa shape index (κ2) is 9.58. The summed E-state index contributed by atoms with van der Waals surface area (Å²) in [4.78, 5) is 42.8. The van der Waals surface area contributed by atoms with E-state index in [0.29, 0.717) is 19.4 Å². The monoisotopic (exact) mass is 471 g/mol. The van der Waals surface area contributed by atoms with Crippen LogP contribution in [0.4, 0.5) is 10.5 Å². The maximum absolute atomic E-state index is 13.1. The summed E-state index contributed by atoms with van der Waals surface area (Å²) in [7, 11) is 0. The Morgan fingerprint density at radius 2 is 1.69 bits per heavy atom. The maximum Gasteiger partial charge on any atom is 0.411 e. The first-order valence-corrected chi connectivity index (χ1v) is 11.6. The fourth-order valence-corrected chi connectivity index (χ4v) is 4.93. The molecule has 2 amide bonds. The summed E-state index contributed by atoms with van der Waals surface area (Å²) in [6, 6.07) is 19.4. The van der Waals surface area contributed by atoms with Gasteiger partial charge in [-0.1, -0.05) is 48.5 Å². The SMILES string of the molecule is O=C(Nc1cccnc1C(=O)N1CCC[C@H](C(=O)O)C1)OCC1c2ccccc2-c2ccccc21. The number of carboxylic acid groups (broad SMARTS) is 1. The van der Waals surface area contributed by atoms with Gasteiger partial charge in [-0.05, 0) is 47.2 Å². The molecule has 178 valence electrons. The van der Waals surface area contributed by atoms with Gasteiger partial charge in [0, 0.05) is 25.2 Å². The molecule has 0 saturated carbocycles. The molecule has 8 nitrogen and oxygen atoms in total. The lowest BCUT2D eigenvalue weighted by atomic mass is 9.98. The van der Waals surface area contributed by atoms with Gasteiger partial charge in [-0.15, -0.1) is 0 Å². The molecule has 0 bridgehead atoms. The molecule has 1 atom stereocenters. The van der Waals surface area contributed by atoms with Crippen molar-refractivity contribution in [2.75, 3.05) is 25.0 Å². The van der Waals surface area contributed by atoms with Crippen molar-refractivity contribution >= 4 is 23.7 Å². The van der Waals surface area contributed by atoms with Crippen LogP contribution in [0.15, 0.2) is 66.9 Å². The Kier molecular flexibility index (Phi) is 6.18. The van der Waals surface area contributed by atoms with Crippen molar-refractivity contribution in [1.82, 2.24) is 9.88 Å². The molecule has 1 aliphatic carbocycles. The number of likely N-dealkylation sites (tertiary alicyclic amines) is 1. The third-order valence-electron chi connectivity index (χ3n) is 6.65. The normalized spacial score (nSPS) is 16.8. The van der Waals surface area contributed by atoms with Gasteiger partial charge in [0.25, 0.3) is 5.91 Å². The number of benzene rings is 2. The highest BCUT2D eigenvalue weighted by Gasteiger charge is 2.31. The van der Waals surface area contributed by atoms with Crippen LogP contribution in [0.5, 0.6) is 0 Å². The molecular weight excluding hydrogens is 446 g/mol. The zero-order valence-electron chi connectivity index (χ0n) is 19.0. The van der Waals surface area contributed by atoms with Gasteiger partial charge in [-0.3, -0.25) is 14.9 Å². The Morgan fingerprint density at radius 1 is 1.00 bits per heavy atom. The number of pyridine rings is 1. The van der Waals surface area contributed by atoms with E-state index in [4.69, 9.17) is 4.74 Å². The quantitative estimate of drug-likeness (QED) is 0.572. The molecule has 35 heavy (non-hydrogen) atoms. The summed E-state index contributed by atoms with van der Waals surface area (Å²) in [5.74, 6) is -2.01.